The molecule has 1 heterocycles. The lowest BCUT2D eigenvalue weighted by atomic mass is 10.2. The minimum absolute atomic E-state index is 0.147. The normalized spacial score (nSPS) is 13.3. The summed E-state index contributed by atoms with van der Waals surface area (Å²) in [6.45, 7) is 1.20. The van der Waals surface area contributed by atoms with Gasteiger partial charge in [-0.25, -0.2) is 17.5 Å². The molecule has 1 unspecified atom stereocenters. The van der Waals surface area contributed by atoms with E-state index in [0.29, 0.717) is 12.2 Å². The topological polar surface area (TPSA) is 79.5 Å². The van der Waals surface area contributed by atoms with Gasteiger partial charge in [-0.15, -0.1) is 0 Å². The highest BCUT2D eigenvalue weighted by atomic mass is 32.2. The molecule has 0 saturated carbocycles. The Morgan fingerprint density at radius 3 is 2.76 bits per heavy atom. The molecule has 0 aliphatic rings. The van der Waals surface area contributed by atoms with E-state index in [4.69, 9.17) is 4.42 Å². The molecule has 0 spiro atoms. The first-order valence-electron chi connectivity index (χ1n) is 6.36. The number of aliphatic hydroxyl groups excluding tert-OH is 1. The van der Waals surface area contributed by atoms with Crippen molar-refractivity contribution < 1.29 is 22.3 Å². The first-order chi connectivity index (χ1) is 9.92. The second kappa shape index (κ2) is 6.38. The summed E-state index contributed by atoms with van der Waals surface area (Å²) in [6, 6.07) is 6.28. The molecule has 2 aromatic rings. The van der Waals surface area contributed by atoms with Gasteiger partial charge in [-0.2, -0.15) is 0 Å². The summed E-state index contributed by atoms with van der Waals surface area (Å²) < 4.78 is 45.4. The SMILES string of the molecule is CC(Cc1ccco1)NS(=O)(=O)c1cc(F)ccc1CO. The number of furan rings is 1. The fraction of sp³-hybridized carbons (Fsp3) is 0.286. The molecular weight excluding hydrogens is 297 g/mol. The Labute approximate surface area is 122 Å². The number of hydrogen-bond acceptors (Lipinski definition) is 4. The molecule has 1 aromatic heterocycles. The first kappa shape index (κ1) is 15.7. The number of aliphatic hydroxyl groups is 1. The summed E-state index contributed by atoms with van der Waals surface area (Å²) >= 11 is 0. The minimum atomic E-state index is -3.92. The Balaban J connectivity index is 2.20. The lowest BCUT2D eigenvalue weighted by Gasteiger charge is -2.15. The first-order valence-corrected chi connectivity index (χ1v) is 7.84. The molecule has 2 N–H and O–H groups in total. The van der Waals surface area contributed by atoms with Crippen molar-refractivity contribution in [1.29, 1.82) is 0 Å². The van der Waals surface area contributed by atoms with Crippen molar-refractivity contribution in [2.75, 3.05) is 0 Å². The Morgan fingerprint density at radius 1 is 1.38 bits per heavy atom. The summed E-state index contributed by atoms with van der Waals surface area (Å²) in [5, 5.41) is 9.18. The van der Waals surface area contributed by atoms with Crippen LogP contribution in [0.25, 0.3) is 0 Å². The van der Waals surface area contributed by atoms with Gasteiger partial charge in [0.15, 0.2) is 0 Å². The molecule has 0 aliphatic carbocycles. The minimum Gasteiger partial charge on any atom is -0.469 e. The van der Waals surface area contributed by atoms with Crippen LogP contribution in [0, 0.1) is 5.82 Å². The Morgan fingerprint density at radius 2 is 2.14 bits per heavy atom. The fourth-order valence-electron chi connectivity index (χ4n) is 2.01. The predicted octanol–water partition coefficient (Wildman–Crippen LogP) is 1.82. The molecule has 0 aliphatic heterocycles. The van der Waals surface area contributed by atoms with Gasteiger partial charge in [-0.1, -0.05) is 6.07 Å². The average molecular weight is 313 g/mol. The zero-order chi connectivity index (χ0) is 15.5. The molecule has 1 aromatic carbocycles. The van der Waals surface area contributed by atoms with Crippen LogP contribution in [-0.4, -0.2) is 19.6 Å². The summed E-state index contributed by atoms with van der Waals surface area (Å²) in [6.07, 6.45) is 1.88. The lowest BCUT2D eigenvalue weighted by Crippen LogP contribution is -2.34. The van der Waals surface area contributed by atoms with Crippen molar-refractivity contribution in [2.45, 2.75) is 30.9 Å². The van der Waals surface area contributed by atoms with Crippen LogP contribution in [0.5, 0.6) is 0 Å². The molecule has 0 saturated heterocycles. The Hall–Kier alpha value is -1.70. The van der Waals surface area contributed by atoms with Crippen molar-refractivity contribution in [2.24, 2.45) is 0 Å². The lowest BCUT2D eigenvalue weighted by molar-refractivity contribution is 0.278. The molecular formula is C14H16FNO4S. The maximum atomic E-state index is 13.3. The zero-order valence-electron chi connectivity index (χ0n) is 11.4. The van der Waals surface area contributed by atoms with E-state index in [0.717, 1.165) is 12.1 Å². The number of nitrogens with one attached hydrogen (secondary N) is 1. The highest BCUT2D eigenvalue weighted by Crippen LogP contribution is 2.18. The maximum absolute atomic E-state index is 13.3. The van der Waals surface area contributed by atoms with Gasteiger partial charge < -0.3 is 9.52 Å². The fourth-order valence-corrected chi connectivity index (χ4v) is 3.50. The second-order valence-electron chi connectivity index (χ2n) is 4.72. The van der Waals surface area contributed by atoms with Gasteiger partial charge in [0.25, 0.3) is 0 Å². The predicted molar refractivity (Wildman–Crippen MR) is 74.5 cm³/mol. The van der Waals surface area contributed by atoms with Gasteiger partial charge in [-0.3, -0.25) is 0 Å². The van der Waals surface area contributed by atoms with E-state index < -0.39 is 28.5 Å². The van der Waals surface area contributed by atoms with Crippen LogP contribution in [0.3, 0.4) is 0 Å². The highest BCUT2D eigenvalue weighted by Gasteiger charge is 2.22. The molecule has 21 heavy (non-hydrogen) atoms. The van der Waals surface area contributed by atoms with Crippen LogP contribution in [0.15, 0.2) is 45.9 Å². The Bertz CT molecular complexity index is 698. The van der Waals surface area contributed by atoms with E-state index in [1.54, 1.807) is 19.1 Å². The number of sulfonamides is 1. The number of rotatable bonds is 6. The van der Waals surface area contributed by atoms with Crippen LogP contribution in [0.4, 0.5) is 4.39 Å². The largest absolute Gasteiger partial charge is 0.469 e. The van der Waals surface area contributed by atoms with Crippen molar-refractivity contribution in [3.63, 3.8) is 0 Å². The smallest absolute Gasteiger partial charge is 0.241 e. The number of halogens is 1. The van der Waals surface area contributed by atoms with E-state index in [2.05, 4.69) is 4.72 Å². The van der Waals surface area contributed by atoms with Crippen LogP contribution in [-0.2, 0) is 23.1 Å². The summed E-state index contributed by atoms with van der Waals surface area (Å²) in [5.41, 5.74) is 0.147. The quantitative estimate of drug-likeness (QED) is 0.852. The van der Waals surface area contributed by atoms with Crippen molar-refractivity contribution in [1.82, 2.24) is 4.72 Å². The highest BCUT2D eigenvalue weighted by molar-refractivity contribution is 7.89. The number of hydrogen-bond donors (Lipinski definition) is 2. The van der Waals surface area contributed by atoms with E-state index in [9.17, 15) is 17.9 Å². The van der Waals surface area contributed by atoms with Crippen LogP contribution >= 0.6 is 0 Å². The van der Waals surface area contributed by atoms with Crippen molar-refractivity contribution in [3.05, 3.63) is 53.7 Å². The summed E-state index contributed by atoms with van der Waals surface area (Å²) in [5.74, 6) is -0.0295. The average Bonchev–Trinajstić information content (AvgIpc) is 2.90. The Kier molecular flexibility index (Phi) is 4.76. The number of benzene rings is 1. The molecule has 7 heteroatoms. The van der Waals surface area contributed by atoms with E-state index in [-0.39, 0.29) is 10.5 Å². The molecule has 0 amide bonds. The zero-order valence-corrected chi connectivity index (χ0v) is 12.2. The third kappa shape index (κ3) is 3.90. The van der Waals surface area contributed by atoms with Crippen LogP contribution < -0.4 is 4.72 Å². The van der Waals surface area contributed by atoms with Gasteiger partial charge >= 0.3 is 0 Å². The third-order valence-electron chi connectivity index (χ3n) is 2.93. The van der Waals surface area contributed by atoms with Gasteiger partial charge in [0.1, 0.15) is 11.6 Å². The third-order valence-corrected chi connectivity index (χ3v) is 4.60. The van der Waals surface area contributed by atoms with Gasteiger partial charge in [0.2, 0.25) is 10.0 Å². The van der Waals surface area contributed by atoms with Gasteiger partial charge in [0, 0.05) is 12.5 Å². The summed E-state index contributed by atoms with van der Waals surface area (Å²) in [4.78, 5) is -0.253. The molecule has 0 bridgehead atoms. The molecule has 0 radical (unpaired) electrons. The monoisotopic (exact) mass is 313 g/mol. The van der Waals surface area contributed by atoms with Crippen LogP contribution in [0.1, 0.15) is 18.2 Å². The van der Waals surface area contributed by atoms with Crippen molar-refractivity contribution in [3.8, 4) is 0 Å². The van der Waals surface area contributed by atoms with E-state index in [1.807, 2.05) is 0 Å². The second-order valence-corrected chi connectivity index (χ2v) is 6.40. The van der Waals surface area contributed by atoms with Gasteiger partial charge in [0.05, 0.1) is 17.8 Å². The molecule has 5 nitrogen and oxygen atoms in total. The molecule has 1 atom stereocenters. The summed E-state index contributed by atoms with van der Waals surface area (Å²) in [7, 11) is -3.92. The standard InChI is InChI=1S/C14H16FNO4S/c1-10(7-13-3-2-6-20-13)16-21(18,19)14-8-12(15)5-4-11(14)9-17/h2-6,8,10,16-17H,7,9H2,1H3. The van der Waals surface area contributed by atoms with Crippen molar-refractivity contribution >= 4 is 10.0 Å². The molecule has 2 rings (SSSR count). The maximum Gasteiger partial charge on any atom is 0.241 e. The van der Waals surface area contributed by atoms with Gasteiger partial charge in [-0.05, 0) is 36.8 Å². The molecule has 0 fully saturated rings. The van der Waals surface area contributed by atoms with E-state index in [1.165, 1.54) is 12.3 Å². The van der Waals surface area contributed by atoms with Crippen LogP contribution in [0.2, 0.25) is 0 Å². The molecule has 114 valence electrons. The van der Waals surface area contributed by atoms with E-state index >= 15 is 0 Å².